The maximum absolute atomic E-state index is 15.0. The fourth-order valence-electron chi connectivity index (χ4n) is 6.39. The number of amides is 2. The molecule has 0 aliphatic carbocycles. The Labute approximate surface area is 323 Å². The molecule has 0 aromatic carbocycles. The van der Waals surface area contributed by atoms with Crippen LogP contribution in [0.3, 0.4) is 0 Å². The number of carbonyl (C=O) groups excluding carboxylic acids is 2. The monoisotopic (exact) mass is 790 g/mol. The third kappa shape index (κ3) is 9.20. The van der Waals surface area contributed by atoms with E-state index in [9.17, 15) is 9.59 Å². The minimum Gasteiger partial charge on any atom is -0.305 e. The summed E-state index contributed by atoms with van der Waals surface area (Å²) in [4.78, 5) is 40.0. The molecule has 0 bridgehead atoms. The van der Waals surface area contributed by atoms with Gasteiger partial charge in [-0.2, -0.15) is 20.1 Å². The number of fused-ring (bicyclic) bond motifs is 2. The maximum Gasteiger partial charge on any atom is 0.260 e. The number of hydrogen-bond acceptors (Lipinski definition) is 6. The SMILES string of the molecule is CCCCC(CC)CN1C(=O)/C(=C2/C(=O)N(CC(CC)CCCC)c3c2sc(C#CS(C)(C)C)c3SC)c2sc(C#CS(C)(C)C)c(SC)c21. The van der Waals surface area contributed by atoms with Crippen molar-refractivity contribution < 1.29 is 9.59 Å². The van der Waals surface area contributed by atoms with Gasteiger partial charge in [-0.25, -0.2) is 0 Å². The second kappa shape index (κ2) is 17.6. The second-order valence-corrected chi connectivity index (χ2v) is 26.3. The van der Waals surface area contributed by atoms with Crippen molar-refractivity contribution in [3.05, 3.63) is 19.5 Å². The molecule has 276 valence electrons. The van der Waals surface area contributed by atoms with Gasteiger partial charge in [-0.15, -0.1) is 46.2 Å². The van der Waals surface area contributed by atoms with Gasteiger partial charge in [0.05, 0.1) is 51.8 Å². The highest BCUT2D eigenvalue weighted by molar-refractivity contribution is 8.36. The van der Waals surface area contributed by atoms with Crippen LogP contribution in [0.4, 0.5) is 11.4 Å². The zero-order chi connectivity index (χ0) is 37.0. The lowest BCUT2D eigenvalue weighted by Crippen LogP contribution is -2.34. The number of unbranched alkanes of at least 4 members (excludes halogenated alkanes) is 2. The normalized spacial score (nSPS) is 17.7. The van der Waals surface area contributed by atoms with Crippen molar-refractivity contribution in [2.45, 2.75) is 88.9 Å². The molecule has 50 heavy (non-hydrogen) atoms. The maximum atomic E-state index is 15.0. The molecule has 0 N–H and O–H groups in total. The number of rotatable bonds is 14. The number of thiophene rings is 2. The van der Waals surface area contributed by atoms with Crippen LogP contribution in [-0.4, -0.2) is 75.0 Å². The van der Waals surface area contributed by atoms with E-state index in [2.05, 4.69) is 100 Å². The van der Waals surface area contributed by atoms with Gasteiger partial charge in [0.2, 0.25) is 0 Å². The Hall–Kier alpha value is -1.40. The first-order valence-electron chi connectivity index (χ1n) is 17.9. The Morgan fingerprint density at radius 3 is 1.28 bits per heavy atom. The predicted octanol–water partition coefficient (Wildman–Crippen LogP) is 11.3. The molecule has 2 aromatic rings. The van der Waals surface area contributed by atoms with Crippen molar-refractivity contribution >= 4 is 101 Å². The van der Waals surface area contributed by atoms with Crippen LogP contribution in [0, 0.1) is 34.2 Å². The molecular weight excluding hydrogens is 733 g/mol. The fourth-order valence-corrected chi connectivity index (χ4v) is 11.7. The molecule has 2 amide bonds. The lowest BCUT2D eigenvalue weighted by Gasteiger charge is -2.25. The Kier molecular flexibility index (Phi) is 14.6. The molecule has 0 saturated heterocycles. The minimum absolute atomic E-state index is 0.0301. The van der Waals surface area contributed by atoms with Gasteiger partial charge in [0.1, 0.15) is 0 Å². The van der Waals surface area contributed by atoms with E-state index in [1.807, 2.05) is 9.80 Å². The van der Waals surface area contributed by atoms with Crippen molar-refractivity contribution in [1.82, 2.24) is 0 Å². The summed E-state index contributed by atoms with van der Waals surface area (Å²) in [7, 11) is -2.11. The van der Waals surface area contributed by atoms with Gasteiger partial charge in [0, 0.05) is 13.1 Å². The van der Waals surface area contributed by atoms with Gasteiger partial charge >= 0.3 is 0 Å². The van der Waals surface area contributed by atoms with E-state index in [0.717, 1.165) is 92.0 Å². The molecule has 0 radical (unpaired) electrons. The molecular formula is C40H58N2O2S6. The average molecular weight is 791 g/mol. The topological polar surface area (TPSA) is 40.6 Å². The Balaban J connectivity index is 2.04. The number of anilines is 2. The quantitative estimate of drug-likeness (QED) is 0.109. The lowest BCUT2D eigenvalue weighted by atomic mass is 9.98. The highest BCUT2D eigenvalue weighted by Crippen LogP contribution is 2.57. The highest BCUT2D eigenvalue weighted by Gasteiger charge is 2.47. The molecule has 2 aliphatic heterocycles. The van der Waals surface area contributed by atoms with E-state index >= 15 is 0 Å². The summed E-state index contributed by atoms with van der Waals surface area (Å²) in [5.74, 6) is 7.80. The molecule has 0 spiro atoms. The molecule has 4 nitrogen and oxygen atoms in total. The van der Waals surface area contributed by atoms with Crippen LogP contribution in [0.25, 0.3) is 11.1 Å². The second-order valence-electron chi connectivity index (χ2n) is 14.8. The van der Waals surface area contributed by atoms with Gasteiger partial charge in [-0.05, 0) is 97.1 Å². The Morgan fingerprint density at radius 2 is 1.00 bits per heavy atom. The summed E-state index contributed by atoms with van der Waals surface area (Å²) in [6, 6.07) is 0. The number of nitrogens with zero attached hydrogens (tertiary/aromatic N) is 2. The highest BCUT2D eigenvalue weighted by atomic mass is 32.3. The largest absolute Gasteiger partial charge is 0.305 e. The first-order chi connectivity index (χ1) is 23.6. The zero-order valence-electron chi connectivity index (χ0n) is 32.4. The zero-order valence-corrected chi connectivity index (χ0v) is 37.3. The molecule has 2 aliphatic rings. The molecule has 0 fully saturated rings. The van der Waals surface area contributed by atoms with Crippen LogP contribution in [0.5, 0.6) is 0 Å². The summed E-state index contributed by atoms with van der Waals surface area (Å²) in [5, 5.41) is 7.07. The van der Waals surface area contributed by atoms with E-state index < -0.39 is 20.1 Å². The van der Waals surface area contributed by atoms with Gasteiger partial charge in [-0.3, -0.25) is 9.59 Å². The van der Waals surface area contributed by atoms with E-state index in [-0.39, 0.29) is 11.8 Å². The molecule has 4 heterocycles. The fraction of sp³-hybridized carbons (Fsp3) is 0.600. The van der Waals surface area contributed by atoms with Crippen LogP contribution >= 0.6 is 66.3 Å². The lowest BCUT2D eigenvalue weighted by molar-refractivity contribution is -0.114. The van der Waals surface area contributed by atoms with Crippen LogP contribution < -0.4 is 9.80 Å². The van der Waals surface area contributed by atoms with Crippen molar-refractivity contribution in [1.29, 1.82) is 0 Å². The van der Waals surface area contributed by atoms with Gasteiger partial charge in [0.25, 0.3) is 11.8 Å². The molecule has 0 saturated carbocycles. The predicted molar refractivity (Wildman–Crippen MR) is 235 cm³/mol. The Morgan fingerprint density at radius 1 is 0.640 bits per heavy atom. The Bertz CT molecular complexity index is 1600. The van der Waals surface area contributed by atoms with Crippen molar-refractivity contribution in [3.8, 4) is 22.3 Å². The first kappa shape index (κ1) is 41.4. The number of thioether (sulfide) groups is 2. The summed E-state index contributed by atoms with van der Waals surface area (Å²) in [6.45, 7) is 10.2. The third-order valence-electron chi connectivity index (χ3n) is 9.16. The summed E-state index contributed by atoms with van der Waals surface area (Å²) in [5.41, 5.74) is 3.09. The van der Waals surface area contributed by atoms with E-state index in [1.54, 1.807) is 46.2 Å². The number of hydrogen-bond donors (Lipinski definition) is 0. The van der Waals surface area contributed by atoms with E-state index in [4.69, 9.17) is 0 Å². The molecule has 2 aromatic heterocycles. The van der Waals surface area contributed by atoms with E-state index in [1.165, 1.54) is 0 Å². The van der Waals surface area contributed by atoms with Crippen molar-refractivity contribution in [2.24, 2.45) is 11.8 Å². The number of carbonyl (C=O) groups is 2. The standard InChI is InChI=1S/C40H58N2O2S6/c1-13-17-19-27(15-3)25-41-33-35(45-5)29(21-23-49(7,8)9)47-37(33)31(39(41)43)32-38-34(36(46-6)30(48-38)22-24-50(10,11)12)42(40(32)44)26-28(16-4)20-18-14-2/h27-28H,13-20,25-26H2,1-12H3/b32-31+. The summed E-state index contributed by atoms with van der Waals surface area (Å²) < 4.78 is 0. The smallest absolute Gasteiger partial charge is 0.260 e. The molecule has 2 unspecified atom stereocenters. The first-order valence-corrected chi connectivity index (χ1v) is 27.7. The summed E-state index contributed by atoms with van der Waals surface area (Å²) >= 11 is 6.57. The molecule has 4 rings (SSSR count). The van der Waals surface area contributed by atoms with Crippen LogP contribution in [-0.2, 0) is 9.59 Å². The van der Waals surface area contributed by atoms with E-state index in [0.29, 0.717) is 36.1 Å². The van der Waals surface area contributed by atoms with Gasteiger partial charge in [-0.1, -0.05) is 66.2 Å². The van der Waals surface area contributed by atoms with Crippen LogP contribution in [0.2, 0.25) is 0 Å². The van der Waals surface area contributed by atoms with Crippen molar-refractivity contribution in [2.75, 3.05) is 72.9 Å². The van der Waals surface area contributed by atoms with Crippen LogP contribution in [0.1, 0.15) is 98.6 Å². The van der Waals surface area contributed by atoms with Gasteiger partial charge < -0.3 is 9.80 Å². The average Bonchev–Trinajstić information content (AvgIpc) is 3.75. The minimum atomic E-state index is -1.05. The third-order valence-corrected chi connectivity index (χ3v) is 14.7. The summed E-state index contributed by atoms with van der Waals surface area (Å²) in [6.07, 6.45) is 26.2. The van der Waals surface area contributed by atoms with Crippen molar-refractivity contribution in [3.63, 3.8) is 0 Å². The van der Waals surface area contributed by atoms with Crippen LogP contribution in [0.15, 0.2) is 9.79 Å². The molecule has 2 atom stereocenters. The molecule has 10 heteroatoms. The van der Waals surface area contributed by atoms with Gasteiger partial charge in [0.15, 0.2) is 0 Å².